The second-order valence-corrected chi connectivity index (χ2v) is 13.5. The van der Waals surface area contributed by atoms with Crippen molar-refractivity contribution in [2.24, 2.45) is 0 Å². The zero-order valence-corrected chi connectivity index (χ0v) is 23.2. The number of methoxy groups -OCH3 is 2. The Hall–Kier alpha value is -3.18. The van der Waals surface area contributed by atoms with Crippen LogP contribution in [0.2, 0.25) is 0 Å². The molecule has 0 spiro atoms. The third kappa shape index (κ3) is 7.20. The highest BCUT2D eigenvalue weighted by Crippen LogP contribution is 2.55. The van der Waals surface area contributed by atoms with E-state index in [2.05, 4.69) is 97.9 Å². The summed E-state index contributed by atoms with van der Waals surface area (Å²) in [6.07, 6.45) is 3.72. The standard InChI is InChI=1S/C22H24P.C8H10O5S/c1-2-3-19-23(20-13-7-4-8-14-20,21-15-9-5-10-16-21)22-17-11-6-12-18-22;1-12-6-3-7(13-2)5-8(4-6)14(9,10)11/h4-18H,2-3,19H2,1H3;3-5H,1-2H3,(H,9,10,11)/q+1;. The average Bonchev–Trinajstić information content (AvgIpc) is 2.95. The molecule has 0 heterocycles. The molecule has 0 radical (unpaired) electrons. The van der Waals surface area contributed by atoms with Gasteiger partial charge in [0.2, 0.25) is 0 Å². The molecule has 0 amide bonds. The van der Waals surface area contributed by atoms with Gasteiger partial charge in [0.25, 0.3) is 10.1 Å². The molecule has 4 rings (SSSR count). The van der Waals surface area contributed by atoms with E-state index in [1.54, 1.807) is 0 Å². The predicted octanol–water partition coefficient (Wildman–Crippen LogP) is 5.73. The van der Waals surface area contributed by atoms with Crippen molar-refractivity contribution in [2.45, 2.75) is 24.7 Å². The van der Waals surface area contributed by atoms with Gasteiger partial charge in [0.15, 0.2) is 0 Å². The van der Waals surface area contributed by atoms with E-state index in [1.807, 2.05) is 0 Å². The lowest BCUT2D eigenvalue weighted by atomic mass is 10.3. The molecule has 0 unspecified atom stereocenters. The highest BCUT2D eigenvalue weighted by atomic mass is 32.2. The van der Waals surface area contributed by atoms with Crippen LogP contribution in [0.3, 0.4) is 0 Å². The summed E-state index contributed by atoms with van der Waals surface area (Å²) >= 11 is 0. The molecule has 4 aromatic rings. The van der Waals surface area contributed by atoms with E-state index in [-0.39, 0.29) is 4.90 Å². The molecule has 7 heteroatoms. The van der Waals surface area contributed by atoms with Gasteiger partial charge in [0.1, 0.15) is 39.6 Å². The molecule has 0 bridgehead atoms. The average molecular weight is 538 g/mol. The van der Waals surface area contributed by atoms with Gasteiger partial charge in [-0.2, -0.15) is 8.42 Å². The molecular formula is C30H34O5PS+. The molecule has 0 aromatic heterocycles. The Labute approximate surface area is 221 Å². The molecule has 1 N–H and O–H groups in total. The van der Waals surface area contributed by atoms with Crippen LogP contribution in [0.25, 0.3) is 0 Å². The third-order valence-electron chi connectivity index (χ3n) is 6.06. The van der Waals surface area contributed by atoms with Crippen LogP contribution in [0.4, 0.5) is 0 Å². The van der Waals surface area contributed by atoms with E-state index in [0.29, 0.717) is 11.5 Å². The van der Waals surface area contributed by atoms with E-state index in [0.717, 1.165) is 0 Å². The van der Waals surface area contributed by atoms with E-state index in [1.165, 1.54) is 67.3 Å². The highest BCUT2D eigenvalue weighted by Gasteiger charge is 2.44. The first-order valence-corrected chi connectivity index (χ1v) is 15.5. The van der Waals surface area contributed by atoms with Gasteiger partial charge in [-0.25, -0.2) is 0 Å². The molecule has 5 nitrogen and oxygen atoms in total. The molecule has 4 aromatic carbocycles. The Morgan fingerprint density at radius 1 is 0.676 bits per heavy atom. The second kappa shape index (κ2) is 13.4. The van der Waals surface area contributed by atoms with Crippen LogP contribution in [0.15, 0.2) is 114 Å². The molecule has 0 saturated carbocycles. The van der Waals surface area contributed by atoms with Crippen molar-refractivity contribution in [1.82, 2.24) is 0 Å². The summed E-state index contributed by atoms with van der Waals surface area (Å²) < 4.78 is 40.1. The molecule has 0 saturated heterocycles. The zero-order chi connectivity index (χ0) is 26.7. The summed E-state index contributed by atoms with van der Waals surface area (Å²) in [5, 5.41) is 4.47. The minimum atomic E-state index is -4.23. The number of ether oxygens (including phenoxy) is 2. The Bertz CT molecular complexity index is 1230. The first-order chi connectivity index (χ1) is 17.8. The van der Waals surface area contributed by atoms with Crippen LogP contribution in [-0.2, 0) is 10.1 Å². The van der Waals surface area contributed by atoms with Crippen LogP contribution in [0, 0.1) is 0 Å². The van der Waals surface area contributed by atoms with Crippen molar-refractivity contribution >= 4 is 33.3 Å². The van der Waals surface area contributed by atoms with Gasteiger partial charge < -0.3 is 9.47 Å². The van der Waals surface area contributed by atoms with Gasteiger partial charge >= 0.3 is 0 Å². The van der Waals surface area contributed by atoms with Crippen molar-refractivity contribution in [3.63, 3.8) is 0 Å². The maximum Gasteiger partial charge on any atom is 0.294 e. The minimum absolute atomic E-state index is 0.256. The first kappa shape index (κ1) is 28.4. The molecule has 0 aliphatic carbocycles. The fourth-order valence-electron chi connectivity index (χ4n) is 4.21. The van der Waals surface area contributed by atoms with Crippen molar-refractivity contribution in [1.29, 1.82) is 0 Å². The molecule has 0 aliphatic rings. The first-order valence-electron chi connectivity index (χ1n) is 12.1. The van der Waals surface area contributed by atoms with E-state index in [9.17, 15) is 8.42 Å². The molecular weight excluding hydrogens is 503 g/mol. The van der Waals surface area contributed by atoms with Crippen molar-refractivity contribution in [3.8, 4) is 11.5 Å². The second-order valence-electron chi connectivity index (χ2n) is 8.42. The van der Waals surface area contributed by atoms with Gasteiger partial charge in [-0.15, -0.1) is 0 Å². The molecule has 194 valence electrons. The summed E-state index contributed by atoms with van der Waals surface area (Å²) in [7, 11) is -3.01. The quantitative estimate of drug-likeness (QED) is 0.218. The molecule has 0 atom stereocenters. The maximum absolute atomic E-state index is 10.8. The minimum Gasteiger partial charge on any atom is -0.497 e. The highest BCUT2D eigenvalue weighted by molar-refractivity contribution is 7.95. The third-order valence-corrected chi connectivity index (χ3v) is 11.4. The number of unbranched alkanes of at least 4 members (excludes halogenated alkanes) is 1. The van der Waals surface area contributed by atoms with Crippen LogP contribution in [0.1, 0.15) is 19.8 Å². The summed E-state index contributed by atoms with van der Waals surface area (Å²) in [6.45, 7) is 2.29. The van der Waals surface area contributed by atoms with Crippen molar-refractivity contribution in [3.05, 3.63) is 109 Å². The largest absolute Gasteiger partial charge is 0.497 e. The van der Waals surface area contributed by atoms with Crippen molar-refractivity contribution < 1.29 is 22.4 Å². The van der Waals surface area contributed by atoms with E-state index >= 15 is 0 Å². The summed E-state index contributed by atoms with van der Waals surface area (Å²) in [6, 6.07) is 37.3. The maximum atomic E-state index is 10.8. The monoisotopic (exact) mass is 537 g/mol. The summed E-state index contributed by atoms with van der Waals surface area (Å²) in [5.74, 6) is 0.606. The summed E-state index contributed by atoms with van der Waals surface area (Å²) in [4.78, 5) is -0.256. The van der Waals surface area contributed by atoms with Crippen LogP contribution in [-0.4, -0.2) is 33.4 Å². The van der Waals surface area contributed by atoms with Crippen LogP contribution >= 0.6 is 7.26 Å². The fourth-order valence-corrected chi connectivity index (χ4v) is 9.24. The topological polar surface area (TPSA) is 72.8 Å². The van der Waals surface area contributed by atoms with Gasteiger partial charge in [-0.05, 0) is 42.8 Å². The Kier molecular flexibility index (Phi) is 10.3. The van der Waals surface area contributed by atoms with E-state index in [4.69, 9.17) is 14.0 Å². The normalized spacial score (nSPS) is 11.2. The Balaban J connectivity index is 0.000000233. The van der Waals surface area contributed by atoms with Gasteiger partial charge in [-0.1, -0.05) is 67.9 Å². The molecule has 0 fully saturated rings. The van der Waals surface area contributed by atoms with E-state index < -0.39 is 17.4 Å². The molecule has 37 heavy (non-hydrogen) atoms. The SMILES string of the molecule is CCCC[P+](c1ccccc1)(c1ccccc1)c1ccccc1.COc1cc(OC)cc(S(=O)(=O)O)c1. The Morgan fingerprint density at radius 3 is 1.35 bits per heavy atom. The number of benzene rings is 4. The lowest BCUT2D eigenvalue weighted by molar-refractivity contribution is 0.391. The lowest BCUT2D eigenvalue weighted by Crippen LogP contribution is -2.33. The number of rotatable bonds is 9. The van der Waals surface area contributed by atoms with Crippen molar-refractivity contribution in [2.75, 3.05) is 20.4 Å². The van der Waals surface area contributed by atoms with Gasteiger partial charge in [0.05, 0.1) is 20.4 Å². The van der Waals surface area contributed by atoms with Gasteiger partial charge in [-0.3, -0.25) is 4.55 Å². The smallest absolute Gasteiger partial charge is 0.294 e. The number of hydrogen-bond donors (Lipinski definition) is 1. The lowest BCUT2D eigenvalue weighted by Gasteiger charge is -2.27. The van der Waals surface area contributed by atoms with Gasteiger partial charge in [0, 0.05) is 18.2 Å². The zero-order valence-electron chi connectivity index (χ0n) is 21.4. The fraction of sp³-hybridized carbons (Fsp3) is 0.200. The molecule has 0 aliphatic heterocycles. The van der Waals surface area contributed by atoms with Crippen LogP contribution < -0.4 is 25.4 Å². The van der Waals surface area contributed by atoms with Crippen LogP contribution in [0.5, 0.6) is 11.5 Å². The Morgan fingerprint density at radius 2 is 1.05 bits per heavy atom. The predicted molar refractivity (Wildman–Crippen MR) is 154 cm³/mol. The summed E-state index contributed by atoms with van der Waals surface area (Å²) in [5.41, 5.74) is 0. The number of hydrogen-bond acceptors (Lipinski definition) is 4.